The molecular weight excluding hydrogens is 461 g/mol. The second-order valence-electron chi connectivity index (χ2n) is 8.09. The summed E-state index contributed by atoms with van der Waals surface area (Å²) in [7, 11) is 0. The van der Waals surface area contributed by atoms with E-state index in [4.69, 9.17) is 11.6 Å². The normalized spacial score (nSPS) is 19.3. The van der Waals surface area contributed by atoms with Crippen molar-refractivity contribution in [2.75, 3.05) is 22.5 Å². The number of benzene rings is 3. The average Bonchev–Trinajstić information content (AvgIpc) is 3.32. The van der Waals surface area contributed by atoms with Gasteiger partial charge in [-0.05, 0) is 37.3 Å². The van der Waals surface area contributed by atoms with Crippen molar-refractivity contribution >= 4 is 46.7 Å². The lowest BCUT2D eigenvalue weighted by atomic mass is 10.0. The Bertz CT molecular complexity index is 1270. The van der Waals surface area contributed by atoms with Gasteiger partial charge in [0.2, 0.25) is 0 Å². The van der Waals surface area contributed by atoms with E-state index in [0.29, 0.717) is 34.3 Å². The topological polar surface area (TPSA) is 52.7 Å². The number of carbonyl (C=O) groups excluding carboxylic acids is 2. The summed E-state index contributed by atoms with van der Waals surface area (Å²) >= 11 is 7.50. The molecule has 1 atom stereocenters. The first-order valence-corrected chi connectivity index (χ1v) is 11.9. The maximum absolute atomic E-state index is 14.4. The highest BCUT2D eigenvalue weighted by Gasteiger charge is 2.59. The van der Waals surface area contributed by atoms with Crippen LogP contribution < -0.4 is 10.2 Å². The second kappa shape index (κ2) is 8.39. The van der Waals surface area contributed by atoms with E-state index in [1.807, 2.05) is 25.1 Å². The lowest BCUT2D eigenvalue weighted by Gasteiger charge is -2.33. The molecule has 2 heterocycles. The Morgan fingerprint density at radius 1 is 1.15 bits per heavy atom. The molecule has 33 heavy (non-hydrogen) atoms. The van der Waals surface area contributed by atoms with Crippen molar-refractivity contribution in [2.24, 2.45) is 0 Å². The third-order valence-electron chi connectivity index (χ3n) is 5.96. The molecular formula is C25H21ClFN3O2S. The Balaban J connectivity index is 1.54. The molecule has 0 bridgehead atoms. The summed E-state index contributed by atoms with van der Waals surface area (Å²) in [6.07, 6.45) is 0. The largest absolute Gasteiger partial charge is 0.323 e. The Hall–Kier alpha value is -3.03. The summed E-state index contributed by atoms with van der Waals surface area (Å²) in [6.45, 7) is 2.45. The van der Waals surface area contributed by atoms with Crippen LogP contribution in [0.2, 0.25) is 5.02 Å². The van der Waals surface area contributed by atoms with E-state index in [1.165, 1.54) is 17.8 Å². The van der Waals surface area contributed by atoms with E-state index in [1.54, 1.807) is 52.3 Å². The molecule has 0 radical (unpaired) electrons. The lowest BCUT2D eigenvalue weighted by Crippen LogP contribution is -2.51. The first kappa shape index (κ1) is 21.8. The van der Waals surface area contributed by atoms with Gasteiger partial charge in [0.25, 0.3) is 5.91 Å². The van der Waals surface area contributed by atoms with Crippen LogP contribution in [0.25, 0.3) is 0 Å². The van der Waals surface area contributed by atoms with Gasteiger partial charge in [0, 0.05) is 34.1 Å². The van der Waals surface area contributed by atoms with E-state index >= 15 is 0 Å². The number of nitrogens with one attached hydrogen (secondary N) is 1. The maximum atomic E-state index is 14.4. The predicted octanol–water partition coefficient (Wildman–Crippen LogP) is 5.77. The van der Waals surface area contributed by atoms with E-state index < -0.39 is 4.87 Å². The van der Waals surface area contributed by atoms with Gasteiger partial charge in [0.15, 0.2) is 4.87 Å². The second-order valence-corrected chi connectivity index (χ2v) is 9.81. The van der Waals surface area contributed by atoms with E-state index in [0.717, 1.165) is 11.1 Å². The van der Waals surface area contributed by atoms with Crippen molar-refractivity contribution < 1.29 is 14.0 Å². The molecule has 168 valence electrons. The van der Waals surface area contributed by atoms with Crippen LogP contribution in [0.5, 0.6) is 0 Å². The summed E-state index contributed by atoms with van der Waals surface area (Å²) in [5.41, 5.74) is 3.41. The molecule has 1 fully saturated rings. The lowest BCUT2D eigenvalue weighted by molar-refractivity contribution is -0.123. The number of anilines is 2. The zero-order valence-electron chi connectivity index (χ0n) is 17.8. The fraction of sp³-hybridized carbons (Fsp3) is 0.200. The highest BCUT2D eigenvalue weighted by atomic mass is 35.5. The first-order valence-electron chi connectivity index (χ1n) is 10.5. The van der Waals surface area contributed by atoms with Crippen LogP contribution in [0.15, 0.2) is 66.7 Å². The zero-order valence-corrected chi connectivity index (χ0v) is 19.4. The van der Waals surface area contributed by atoms with Crippen LogP contribution in [-0.4, -0.2) is 29.1 Å². The standard InChI is InChI=1S/C25H21ClFN3O2S/c1-16-9-10-22-20(13-16)25(23(31)29(22)15-17-5-2-3-8-21(17)27)30(11-12-33-25)24(32)28-19-7-4-6-18(26)14-19/h2-10,13-14H,11-12,15H2,1H3,(H,28,32)/t25-/m0/s1. The molecule has 3 amide bonds. The summed E-state index contributed by atoms with van der Waals surface area (Å²) in [6, 6.07) is 18.7. The monoisotopic (exact) mass is 481 g/mol. The number of urea groups is 1. The summed E-state index contributed by atoms with van der Waals surface area (Å²) in [4.78, 5) is 29.3. The minimum Gasteiger partial charge on any atom is -0.308 e. The van der Waals surface area contributed by atoms with Crippen LogP contribution in [0.3, 0.4) is 0 Å². The summed E-state index contributed by atoms with van der Waals surface area (Å²) in [5, 5.41) is 3.38. The number of amides is 3. The van der Waals surface area contributed by atoms with Crippen molar-refractivity contribution in [1.82, 2.24) is 4.90 Å². The highest BCUT2D eigenvalue weighted by molar-refractivity contribution is 8.01. The van der Waals surface area contributed by atoms with Crippen LogP contribution >= 0.6 is 23.4 Å². The van der Waals surface area contributed by atoms with Gasteiger partial charge < -0.3 is 10.2 Å². The van der Waals surface area contributed by atoms with E-state index in [-0.39, 0.29) is 24.3 Å². The number of rotatable bonds is 3. The quantitative estimate of drug-likeness (QED) is 0.517. The number of thioether (sulfide) groups is 1. The van der Waals surface area contributed by atoms with Crippen LogP contribution in [-0.2, 0) is 16.2 Å². The van der Waals surface area contributed by atoms with Crippen LogP contribution in [0, 0.1) is 12.7 Å². The Morgan fingerprint density at radius 3 is 2.76 bits per heavy atom. The number of aryl methyl sites for hydroxylation is 1. The number of hydrogen-bond acceptors (Lipinski definition) is 3. The number of halogens is 2. The first-order chi connectivity index (χ1) is 15.9. The molecule has 2 aliphatic heterocycles. The molecule has 3 aromatic carbocycles. The maximum Gasteiger partial charge on any atom is 0.323 e. The molecule has 5 rings (SSSR count). The SMILES string of the molecule is Cc1ccc2c(c1)[C@]1(SCCN1C(=O)Nc1cccc(Cl)c1)C(=O)N2Cc1ccccc1F. The molecule has 0 unspecified atom stereocenters. The van der Waals surface area contributed by atoms with Gasteiger partial charge in [-0.15, -0.1) is 11.8 Å². The Labute approximate surface area is 200 Å². The molecule has 1 saturated heterocycles. The summed E-state index contributed by atoms with van der Waals surface area (Å²) < 4.78 is 14.4. The average molecular weight is 482 g/mol. The molecule has 5 nitrogen and oxygen atoms in total. The van der Waals surface area contributed by atoms with Crippen molar-refractivity contribution in [3.8, 4) is 0 Å². The van der Waals surface area contributed by atoms with Gasteiger partial charge in [-0.3, -0.25) is 9.69 Å². The van der Waals surface area contributed by atoms with Crippen molar-refractivity contribution in [1.29, 1.82) is 0 Å². The van der Waals surface area contributed by atoms with E-state index in [9.17, 15) is 14.0 Å². The number of nitrogens with zero attached hydrogens (tertiary/aromatic N) is 2. The number of carbonyl (C=O) groups is 2. The fourth-order valence-corrected chi connectivity index (χ4v) is 6.08. The molecule has 0 saturated carbocycles. The van der Waals surface area contributed by atoms with E-state index in [2.05, 4.69) is 5.32 Å². The van der Waals surface area contributed by atoms with Crippen molar-refractivity contribution in [3.05, 3.63) is 94.3 Å². The molecule has 1 spiro atoms. The molecule has 3 aromatic rings. The van der Waals surface area contributed by atoms with Gasteiger partial charge in [0.05, 0.1) is 12.2 Å². The van der Waals surface area contributed by atoms with Gasteiger partial charge in [-0.25, -0.2) is 9.18 Å². The van der Waals surface area contributed by atoms with Gasteiger partial charge >= 0.3 is 6.03 Å². The minimum atomic E-state index is -1.20. The number of hydrogen-bond donors (Lipinski definition) is 1. The minimum absolute atomic E-state index is 0.0909. The van der Waals surface area contributed by atoms with Crippen molar-refractivity contribution in [3.63, 3.8) is 0 Å². The van der Waals surface area contributed by atoms with Crippen LogP contribution in [0.4, 0.5) is 20.6 Å². The smallest absolute Gasteiger partial charge is 0.308 e. The third-order valence-corrected chi connectivity index (χ3v) is 7.61. The summed E-state index contributed by atoms with van der Waals surface area (Å²) in [5.74, 6) is -0.0000438. The van der Waals surface area contributed by atoms with Gasteiger partial charge in [0.1, 0.15) is 5.82 Å². The van der Waals surface area contributed by atoms with Crippen molar-refractivity contribution in [2.45, 2.75) is 18.3 Å². The van der Waals surface area contributed by atoms with Crippen LogP contribution in [0.1, 0.15) is 16.7 Å². The molecule has 0 aliphatic carbocycles. The molecule has 8 heteroatoms. The highest BCUT2D eigenvalue weighted by Crippen LogP contribution is 2.54. The van der Waals surface area contributed by atoms with Gasteiger partial charge in [-0.2, -0.15) is 0 Å². The van der Waals surface area contributed by atoms with Gasteiger partial charge in [-0.1, -0.05) is 53.6 Å². The number of fused-ring (bicyclic) bond motifs is 2. The Morgan fingerprint density at radius 2 is 1.97 bits per heavy atom. The fourth-order valence-electron chi connectivity index (χ4n) is 4.44. The molecule has 0 aromatic heterocycles. The third kappa shape index (κ3) is 3.65. The predicted molar refractivity (Wildman–Crippen MR) is 130 cm³/mol. The Kier molecular flexibility index (Phi) is 5.54. The zero-order chi connectivity index (χ0) is 23.2. The molecule has 1 N–H and O–H groups in total. The molecule has 2 aliphatic rings.